The first-order valence-corrected chi connectivity index (χ1v) is 9.34. The van der Waals surface area contributed by atoms with Crippen LogP contribution in [0.15, 0.2) is 29.2 Å². The van der Waals surface area contributed by atoms with Gasteiger partial charge in [0.15, 0.2) is 9.84 Å². The normalized spacial score (nSPS) is 16.6. The number of hydrogen-bond donors (Lipinski definition) is 2. The van der Waals surface area contributed by atoms with Gasteiger partial charge in [0.25, 0.3) is 0 Å². The Morgan fingerprint density at radius 3 is 2.20 bits per heavy atom. The van der Waals surface area contributed by atoms with Crippen molar-refractivity contribution in [1.82, 2.24) is 0 Å². The van der Waals surface area contributed by atoms with Gasteiger partial charge in [-0.2, -0.15) is 0 Å². The Morgan fingerprint density at radius 2 is 1.80 bits per heavy atom. The molecule has 4 nitrogen and oxygen atoms in total. The summed E-state index contributed by atoms with van der Waals surface area (Å²) in [6.07, 6.45) is 1.25. The molecule has 0 aliphatic heterocycles. The Balaban J connectivity index is 3.18. The molecule has 0 amide bonds. The first-order chi connectivity index (χ1) is 9.38. The predicted molar refractivity (Wildman–Crippen MR) is 82.5 cm³/mol. The van der Waals surface area contributed by atoms with E-state index in [9.17, 15) is 18.6 Å². The number of benzene rings is 1. The second-order valence-electron chi connectivity index (χ2n) is 4.78. The monoisotopic (exact) mass is 318 g/mol. The van der Waals surface area contributed by atoms with Crippen molar-refractivity contribution in [3.63, 3.8) is 0 Å². The number of sulfone groups is 1. The Hall–Kier alpha value is -0.560. The highest BCUT2D eigenvalue weighted by Crippen LogP contribution is 2.31. The highest BCUT2D eigenvalue weighted by Gasteiger charge is 2.37. The lowest BCUT2D eigenvalue weighted by Crippen LogP contribution is -2.37. The Kier molecular flexibility index (Phi) is 6.51. The summed E-state index contributed by atoms with van der Waals surface area (Å²) in [5.41, 5.74) is 0.983. The van der Waals surface area contributed by atoms with E-state index in [0.717, 1.165) is 17.3 Å². The van der Waals surface area contributed by atoms with Crippen LogP contribution in [0.3, 0.4) is 0 Å². The van der Waals surface area contributed by atoms with Gasteiger partial charge in [0, 0.05) is 5.92 Å². The molecule has 0 radical (unpaired) electrons. The Labute approximate surface area is 125 Å². The van der Waals surface area contributed by atoms with Gasteiger partial charge < -0.3 is 10.2 Å². The molecule has 1 rings (SSSR count). The van der Waals surface area contributed by atoms with Crippen LogP contribution in [0, 0.1) is 12.8 Å². The minimum absolute atomic E-state index is 0.226. The van der Waals surface area contributed by atoms with Crippen LogP contribution < -0.4 is 0 Å². The fraction of sp³-hybridized carbons (Fsp3) is 0.571. The maximum absolute atomic E-state index is 12.7. The molecule has 2 N–H and O–H groups in total. The number of thioether (sulfide) groups is 1. The summed E-state index contributed by atoms with van der Waals surface area (Å²) in [5.74, 6) is -0.693. The molecule has 1 unspecified atom stereocenters. The number of aliphatic hydroxyl groups is 2. The van der Waals surface area contributed by atoms with Crippen LogP contribution in [0.2, 0.25) is 0 Å². The van der Waals surface area contributed by atoms with Crippen LogP contribution in [0.1, 0.15) is 18.9 Å². The highest BCUT2D eigenvalue weighted by atomic mass is 32.3. The van der Waals surface area contributed by atoms with Gasteiger partial charge in [-0.05, 0) is 31.7 Å². The van der Waals surface area contributed by atoms with E-state index in [4.69, 9.17) is 0 Å². The number of hydrogen-bond acceptors (Lipinski definition) is 5. The van der Waals surface area contributed by atoms with E-state index < -0.39 is 26.4 Å². The van der Waals surface area contributed by atoms with Crippen LogP contribution in [-0.4, -0.2) is 42.2 Å². The quantitative estimate of drug-likeness (QED) is 0.802. The second-order valence-corrected chi connectivity index (χ2v) is 8.13. The van der Waals surface area contributed by atoms with Crippen molar-refractivity contribution in [2.24, 2.45) is 5.92 Å². The zero-order valence-electron chi connectivity index (χ0n) is 12.0. The van der Waals surface area contributed by atoms with Crippen molar-refractivity contribution in [3.8, 4) is 0 Å². The van der Waals surface area contributed by atoms with Crippen molar-refractivity contribution in [2.75, 3.05) is 12.9 Å². The van der Waals surface area contributed by atoms with Crippen molar-refractivity contribution in [3.05, 3.63) is 29.8 Å². The molecule has 114 valence electrons. The van der Waals surface area contributed by atoms with Gasteiger partial charge in [-0.15, -0.1) is 11.8 Å². The van der Waals surface area contributed by atoms with Crippen LogP contribution >= 0.6 is 11.8 Å². The Morgan fingerprint density at radius 1 is 1.25 bits per heavy atom. The molecule has 0 spiro atoms. The maximum Gasteiger partial charge on any atom is 0.190 e. The van der Waals surface area contributed by atoms with E-state index in [1.165, 1.54) is 0 Å². The number of rotatable bonds is 7. The molecule has 0 aliphatic rings. The molecule has 6 heteroatoms. The topological polar surface area (TPSA) is 74.6 Å². The van der Waals surface area contributed by atoms with Crippen LogP contribution in [0.25, 0.3) is 0 Å². The minimum Gasteiger partial charge on any atom is -0.396 e. The first kappa shape index (κ1) is 17.5. The van der Waals surface area contributed by atoms with Crippen LogP contribution in [0.5, 0.6) is 0 Å². The van der Waals surface area contributed by atoms with Crippen LogP contribution in [-0.2, 0) is 9.84 Å². The maximum atomic E-state index is 12.7. The standard InChI is InChI=1S/C14H22O4S2/c1-4-13(16)12(9-15)14(19-3)20(17,18)11-7-5-10(2)6-8-11/h5-8,12-16H,4,9H2,1-3H3/t12-,13+,14?/m0/s1. The lowest BCUT2D eigenvalue weighted by atomic mass is 10.0. The van der Waals surface area contributed by atoms with Crippen molar-refractivity contribution >= 4 is 21.6 Å². The van der Waals surface area contributed by atoms with Gasteiger partial charge >= 0.3 is 0 Å². The summed E-state index contributed by atoms with van der Waals surface area (Å²) in [6, 6.07) is 6.63. The van der Waals surface area contributed by atoms with Gasteiger partial charge in [0.2, 0.25) is 0 Å². The molecule has 3 atom stereocenters. The minimum atomic E-state index is -3.59. The smallest absolute Gasteiger partial charge is 0.190 e. The molecule has 20 heavy (non-hydrogen) atoms. The molecule has 1 aromatic carbocycles. The molecular weight excluding hydrogens is 296 g/mol. The fourth-order valence-electron chi connectivity index (χ4n) is 2.09. The van der Waals surface area contributed by atoms with Gasteiger partial charge in [-0.3, -0.25) is 0 Å². The van der Waals surface area contributed by atoms with Crippen LogP contribution in [0.4, 0.5) is 0 Å². The van der Waals surface area contributed by atoms with Crippen molar-refractivity contribution in [2.45, 2.75) is 35.8 Å². The third-order valence-electron chi connectivity index (χ3n) is 3.36. The summed E-state index contributed by atoms with van der Waals surface area (Å²) < 4.78 is 24.4. The summed E-state index contributed by atoms with van der Waals surface area (Å²) in [5, 5.41) is 19.4. The summed E-state index contributed by atoms with van der Waals surface area (Å²) in [4.78, 5) is 0.226. The van der Waals surface area contributed by atoms with Crippen molar-refractivity contribution in [1.29, 1.82) is 0 Å². The zero-order chi connectivity index (χ0) is 15.3. The number of aryl methyl sites for hydroxylation is 1. The highest BCUT2D eigenvalue weighted by molar-refractivity contribution is 8.13. The number of aliphatic hydroxyl groups excluding tert-OH is 2. The van der Waals surface area contributed by atoms with Gasteiger partial charge in [0.05, 0.1) is 17.6 Å². The van der Waals surface area contributed by atoms with Gasteiger partial charge in [-0.25, -0.2) is 8.42 Å². The zero-order valence-corrected chi connectivity index (χ0v) is 13.6. The van der Waals surface area contributed by atoms with Crippen molar-refractivity contribution < 1.29 is 18.6 Å². The Bertz CT molecular complexity index is 510. The second kappa shape index (κ2) is 7.45. The van der Waals surface area contributed by atoms with E-state index in [1.54, 1.807) is 37.4 Å². The molecule has 0 aliphatic carbocycles. The summed E-state index contributed by atoms with van der Waals surface area (Å²) >= 11 is 1.14. The molecule has 0 aromatic heterocycles. The lowest BCUT2D eigenvalue weighted by Gasteiger charge is -2.27. The predicted octanol–water partition coefficient (Wildman–Crippen LogP) is 1.84. The van der Waals surface area contributed by atoms with E-state index in [-0.39, 0.29) is 11.5 Å². The molecular formula is C14H22O4S2. The van der Waals surface area contributed by atoms with E-state index in [0.29, 0.717) is 6.42 Å². The molecule has 0 saturated heterocycles. The molecule has 0 fully saturated rings. The third kappa shape index (κ3) is 3.75. The molecule has 0 bridgehead atoms. The summed E-state index contributed by atoms with van der Waals surface area (Å²) in [6.45, 7) is 3.30. The SMILES string of the molecule is CC[C@@H](O)[C@H](CO)C(SC)S(=O)(=O)c1ccc(C)cc1. The largest absolute Gasteiger partial charge is 0.396 e. The molecule has 0 saturated carbocycles. The van der Waals surface area contributed by atoms with E-state index in [1.807, 2.05) is 6.92 Å². The lowest BCUT2D eigenvalue weighted by molar-refractivity contribution is 0.0720. The third-order valence-corrected chi connectivity index (χ3v) is 7.40. The molecule has 0 heterocycles. The van der Waals surface area contributed by atoms with E-state index >= 15 is 0 Å². The first-order valence-electron chi connectivity index (χ1n) is 6.50. The molecule has 1 aromatic rings. The van der Waals surface area contributed by atoms with Gasteiger partial charge in [-0.1, -0.05) is 24.6 Å². The fourth-order valence-corrected chi connectivity index (χ4v) is 5.56. The average Bonchev–Trinajstić information content (AvgIpc) is 2.43. The van der Waals surface area contributed by atoms with Gasteiger partial charge in [0.1, 0.15) is 4.58 Å². The summed E-state index contributed by atoms with van der Waals surface area (Å²) in [7, 11) is -3.59. The average molecular weight is 318 g/mol. The van der Waals surface area contributed by atoms with E-state index in [2.05, 4.69) is 0 Å².